The van der Waals surface area contributed by atoms with Crippen molar-refractivity contribution < 1.29 is 19.8 Å². The minimum atomic E-state index is -1.09. The van der Waals surface area contributed by atoms with Crippen LogP contribution in [0.5, 0.6) is 0 Å². The van der Waals surface area contributed by atoms with Crippen molar-refractivity contribution in [3.8, 4) is 0 Å². The molecule has 70 valence electrons. The Kier molecular flexibility index (Phi) is 3.26. The highest BCUT2D eigenvalue weighted by molar-refractivity contribution is 8.01. The van der Waals surface area contributed by atoms with Gasteiger partial charge in [-0.2, -0.15) is 0 Å². The van der Waals surface area contributed by atoms with Gasteiger partial charge in [0.05, 0.1) is 16.2 Å². The van der Waals surface area contributed by atoms with Crippen LogP contribution in [0.2, 0.25) is 0 Å². The van der Waals surface area contributed by atoms with Gasteiger partial charge in [-0.3, -0.25) is 4.79 Å². The number of rotatable bonds is 4. The Balaban J connectivity index is 2.59. The van der Waals surface area contributed by atoms with E-state index in [0.29, 0.717) is 4.21 Å². The van der Waals surface area contributed by atoms with Gasteiger partial charge in [0.1, 0.15) is 0 Å². The molecule has 1 heterocycles. The molecular weight excluding hydrogens is 214 g/mol. The first-order valence-electron chi connectivity index (χ1n) is 3.13. The lowest BCUT2D eigenvalue weighted by Gasteiger charge is -1.89. The molecule has 0 radical (unpaired) electrons. The Morgan fingerprint density at radius 2 is 2.23 bits per heavy atom. The third-order valence-corrected chi connectivity index (χ3v) is 3.17. The van der Waals surface area contributed by atoms with Gasteiger partial charge in [-0.05, 0) is 0 Å². The summed E-state index contributed by atoms with van der Waals surface area (Å²) >= 11 is 2.03. The maximum atomic E-state index is 10.4. The number of aromatic nitrogens is 1. The van der Waals surface area contributed by atoms with E-state index in [0.717, 1.165) is 23.1 Å². The van der Waals surface area contributed by atoms with Crippen molar-refractivity contribution in [2.45, 2.75) is 4.21 Å². The maximum absolute atomic E-state index is 10.4. The van der Waals surface area contributed by atoms with E-state index in [1.807, 2.05) is 0 Å². The van der Waals surface area contributed by atoms with Crippen molar-refractivity contribution >= 4 is 35.0 Å². The number of nitrogens with zero attached hydrogens (tertiary/aromatic N) is 1. The molecule has 0 aliphatic rings. The predicted octanol–water partition coefficient (Wildman–Crippen LogP) is 1.02. The van der Waals surface area contributed by atoms with E-state index in [1.165, 1.54) is 6.20 Å². The normalized spacial score (nSPS) is 9.85. The Hall–Kier alpha value is -1.08. The zero-order chi connectivity index (χ0) is 9.84. The monoisotopic (exact) mass is 219 g/mol. The van der Waals surface area contributed by atoms with Gasteiger partial charge in [-0.1, -0.05) is 0 Å². The molecule has 5 nitrogen and oxygen atoms in total. The van der Waals surface area contributed by atoms with Crippen molar-refractivity contribution in [1.82, 2.24) is 4.98 Å². The summed E-state index contributed by atoms with van der Waals surface area (Å²) in [5, 5.41) is 16.8. The first kappa shape index (κ1) is 10.0. The number of carbonyl (C=O) groups is 2. The van der Waals surface area contributed by atoms with E-state index in [2.05, 4.69) is 4.98 Å². The highest BCUT2D eigenvalue weighted by Gasteiger charge is 2.09. The Morgan fingerprint density at radius 3 is 2.69 bits per heavy atom. The summed E-state index contributed by atoms with van der Waals surface area (Å²) in [6.07, 6.45) is 1.36. The molecule has 13 heavy (non-hydrogen) atoms. The number of thioether (sulfide) groups is 1. The molecule has 0 aliphatic carbocycles. The summed E-state index contributed by atoms with van der Waals surface area (Å²) < 4.78 is 0.597. The molecule has 2 N–H and O–H groups in total. The fourth-order valence-corrected chi connectivity index (χ4v) is 2.09. The Bertz CT molecular complexity index is 335. The predicted molar refractivity (Wildman–Crippen MR) is 47.4 cm³/mol. The minimum Gasteiger partial charge on any atom is -0.481 e. The van der Waals surface area contributed by atoms with Crippen LogP contribution < -0.4 is 0 Å². The van der Waals surface area contributed by atoms with E-state index in [1.54, 1.807) is 0 Å². The molecular formula is C6H5NO4S2. The molecule has 0 fully saturated rings. The zero-order valence-electron chi connectivity index (χ0n) is 6.26. The van der Waals surface area contributed by atoms with Gasteiger partial charge in [-0.15, -0.1) is 23.1 Å². The number of aliphatic carboxylic acids is 1. The lowest BCUT2D eigenvalue weighted by atomic mass is 10.7. The van der Waals surface area contributed by atoms with E-state index < -0.39 is 11.9 Å². The second-order valence-electron chi connectivity index (χ2n) is 1.97. The fraction of sp³-hybridized carbons (Fsp3) is 0.167. The summed E-state index contributed by atoms with van der Waals surface area (Å²) in [7, 11) is 0. The van der Waals surface area contributed by atoms with Crippen LogP contribution in [0, 0.1) is 0 Å². The standard InChI is InChI=1S/C6H5NO4S2/c8-3(9)2-12-4-1-7-5(13-4)6(10)11/h1H,2H2,(H,8,9)(H,10,11). The third kappa shape index (κ3) is 3.03. The summed E-state index contributed by atoms with van der Waals surface area (Å²) in [6.45, 7) is 0. The summed E-state index contributed by atoms with van der Waals surface area (Å²) in [6, 6.07) is 0. The van der Waals surface area contributed by atoms with Crippen molar-refractivity contribution in [2.24, 2.45) is 0 Å². The van der Waals surface area contributed by atoms with Gasteiger partial charge in [0.25, 0.3) is 0 Å². The molecule has 1 aromatic rings. The van der Waals surface area contributed by atoms with Crippen molar-refractivity contribution in [2.75, 3.05) is 5.75 Å². The summed E-state index contributed by atoms with van der Waals surface area (Å²) in [4.78, 5) is 24.1. The lowest BCUT2D eigenvalue weighted by Crippen LogP contribution is -1.96. The van der Waals surface area contributed by atoms with Crippen molar-refractivity contribution in [1.29, 1.82) is 0 Å². The average molecular weight is 219 g/mol. The largest absolute Gasteiger partial charge is 0.481 e. The van der Waals surface area contributed by atoms with E-state index in [4.69, 9.17) is 10.2 Å². The number of hydrogen-bond donors (Lipinski definition) is 2. The number of hydrogen-bond acceptors (Lipinski definition) is 5. The van der Waals surface area contributed by atoms with E-state index >= 15 is 0 Å². The molecule has 1 rings (SSSR count). The minimum absolute atomic E-state index is 0.0205. The molecule has 0 saturated carbocycles. The van der Waals surface area contributed by atoms with Crippen LogP contribution in [0.1, 0.15) is 9.80 Å². The molecule has 0 unspecified atom stereocenters. The molecule has 0 atom stereocenters. The Labute approximate surface area is 81.4 Å². The number of aromatic carboxylic acids is 1. The maximum Gasteiger partial charge on any atom is 0.365 e. The van der Waals surface area contributed by atoms with Gasteiger partial charge in [-0.25, -0.2) is 9.78 Å². The van der Waals surface area contributed by atoms with Gasteiger partial charge in [0, 0.05) is 0 Å². The van der Waals surface area contributed by atoms with Crippen LogP contribution in [0.4, 0.5) is 0 Å². The molecule has 0 aromatic carbocycles. The van der Waals surface area contributed by atoms with Gasteiger partial charge in [0.2, 0.25) is 5.01 Å². The number of thiazole rings is 1. The second-order valence-corrected chi connectivity index (χ2v) is 4.28. The first-order valence-corrected chi connectivity index (χ1v) is 4.93. The quantitative estimate of drug-likeness (QED) is 0.735. The summed E-state index contributed by atoms with van der Waals surface area (Å²) in [5.41, 5.74) is 0. The average Bonchev–Trinajstić information content (AvgIpc) is 2.48. The van der Waals surface area contributed by atoms with Crippen molar-refractivity contribution in [3.63, 3.8) is 0 Å². The van der Waals surface area contributed by atoms with E-state index in [-0.39, 0.29) is 10.8 Å². The molecule has 0 aliphatic heterocycles. The molecule has 7 heteroatoms. The van der Waals surface area contributed by atoms with E-state index in [9.17, 15) is 9.59 Å². The zero-order valence-corrected chi connectivity index (χ0v) is 7.89. The van der Waals surface area contributed by atoms with Crippen molar-refractivity contribution in [3.05, 3.63) is 11.2 Å². The van der Waals surface area contributed by atoms with Gasteiger partial charge in [0.15, 0.2) is 0 Å². The molecule has 0 amide bonds. The first-order chi connectivity index (χ1) is 6.09. The highest BCUT2D eigenvalue weighted by atomic mass is 32.2. The van der Waals surface area contributed by atoms with Crippen LogP contribution in [-0.2, 0) is 4.79 Å². The van der Waals surface area contributed by atoms with Gasteiger partial charge >= 0.3 is 11.9 Å². The topological polar surface area (TPSA) is 87.5 Å². The molecule has 0 spiro atoms. The molecule has 0 saturated heterocycles. The summed E-state index contributed by atoms with van der Waals surface area (Å²) in [5.74, 6) is -2.11. The van der Waals surface area contributed by atoms with Crippen LogP contribution in [0.15, 0.2) is 10.4 Å². The third-order valence-electron chi connectivity index (χ3n) is 1.01. The van der Waals surface area contributed by atoms with Crippen LogP contribution >= 0.6 is 23.1 Å². The van der Waals surface area contributed by atoms with Crippen LogP contribution in [-0.4, -0.2) is 32.9 Å². The lowest BCUT2D eigenvalue weighted by molar-refractivity contribution is -0.133. The smallest absolute Gasteiger partial charge is 0.365 e. The second kappa shape index (κ2) is 4.24. The Morgan fingerprint density at radius 1 is 1.54 bits per heavy atom. The van der Waals surface area contributed by atoms with Crippen LogP contribution in [0.3, 0.4) is 0 Å². The van der Waals surface area contributed by atoms with Crippen LogP contribution in [0.25, 0.3) is 0 Å². The fourth-order valence-electron chi connectivity index (χ4n) is 0.558. The van der Waals surface area contributed by atoms with Gasteiger partial charge < -0.3 is 10.2 Å². The number of carboxylic acids is 2. The molecule has 1 aromatic heterocycles. The number of carboxylic acid groups (broad SMARTS) is 2. The molecule has 0 bridgehead atoms. The highest BCUT2D eigenvalue weighted by Crippen LogP contribution is 2.24. The SMILES string of the molecule is O=C(O)CSc1cnc(C(=O)O)s1.